The SMILES string of the molecule is CCC(C(=O)Cc1ccc(C(=O)OC[C@H](N)C(=O)O)cc1)n1cc(OC)c(-c2cc(Cl)ccc2C#N)cc1=O. The first-order valence-corrected chi connectivity index (χ1v) is 12.2. The van der Waals surface area contributed by atoms with Crippen LogP contribution in [-0.4, -0.2) is 47.2 Å². The molecule has 3 aromatic rings. The number of carbonyl (C=O) groups excluding carboxylic acids is 2. The standard InChI is InChI=1S/C28H26ClN3O7/c1-3-23(24(33)10-16-4-6-17(7-5-16)28(37)39-15-22(31)27(35)36)32-14-25(38-2)21(12-26(32)34)20-11-19(29)9-8-18(20)13-30/h4-9,11-12,14,22-23H,3,10,15,31H2,1-2H3,(H,35,36)/t22-,23?/m0/s1. The lowest BCUT2D eigenvalue weighted by Crippen LogP contribution is -2.35. The summed E-state index contributed by atoms with van der Waals surface area (Å²) < 4.78 is 11.7. The van der Waals surface area contributed by atoms with Crippen LogP contribution < -0.4 is 16.0 Å². The summed E-state index contributed by atoms with van der Waals surface area (Å²) in [5, 5.41) is 18.7. The maximum absolute atomic E-state index is 13.2. The van der Waals surface area contributed by atoms with E-state index in [9.17, 15) is 24.4 Å². The molecule has 0 radical (unpaired) electrons. The number of ether oxygens (including phenoxy) is 2. The molecule has 39 heavy (non-hydrogen) atoms. The van der Waals surface area contributed by atoms with Crippen LogP contribution in [-0.2, 0) is 20.7 Å². The zero-order valence-electron chi connectivity index (χ0n) is 21.2. The van der Waals surface area contributed by atoms with Crippen LogP contribution in [0.1, 0.15) is 40.9 Å². The largest absolute Gasteiger partial charge is 0.495 e. The number of pyridine rings is 1. The van der Waals surface area contributed by atoms with E-state index in [1.54, 1.807) is 37.3 Å². The Bertz CT molecular complexity index is 1490. The molecule has 1 aromatic heterocycles. The molecule has 202 valence electrons. The molecule has 2 aromatic carbocycles. The van der Waals surface area contributed by atoms with Gasteiger partial charge in [0.2, 0.25) is 0 Å². The van der Waals surface area contributed by atoms with Gasteiger partial charge in [-0.05, 0) is 42.3 Å². The topological polar surface area (TPSA) is 162 Å². The minimum atomic E-state index is -1.33. The Morgan fingerprint density at radius 3 is 2.41 bits per heavy atom. The van der Waals surface area contributed by atoms with Gasteiger partial charge < -0.3 is 24.9 Å². The van der Waals surface area contributed by atoms with Crippen molar-refractivity contribution in [2.45, 2.75) is 31.8 Å². The van der Waals surface area contributed by atoms with Crippen molar-refractivity contribution in [3.63, 3.8) is 0 Å². The summed E-state index contributed by atoms with van der Waals surface area (Å²) in [5.74, 6) is -1.97. The Labute approximate surface area is 229 Å². The summed E-state index contributed by atoms with van der Waals surface area (Å²) in [6, 6.07) is 12.0. The van der Waals surface area contributed by atoms with Crippen molar-refractivity contribution in [1.29, 1.82) is 5.26 Å². The number of carboxylic acids is 1. The van der Waals surface area contributed by atoms with Gasteiger partial charge in [0, 0.05) is 28.6 Å². The monoisotopic (exact) mass is 551 g/mol. The molecule has 0 fully saturated rings. The van der Waals surface area contributed by atoms with E-state index in [4.69, 9.17) is 31.9 Å². The number of rotatable bonds is 11. The van der Waals surface area contributed by atoms with Crippen LogP contribution in [0, 0.1) is 11.3 Å². The highest BCUT2D eigenvalue weighted by molar-refractivity contribution is 6.31. The minimum Gasteiger partial charge on any atom is -0.495 e. The first-order chi connectivity index (χ1) is 18.6. The van der Waals surface area contributed by atoms with Gasteiger partial charge in [-0.2, -0.15) is 5.26 Å². The van der Waals surface area contributed by atoms with Crippen molar-refractivity contribution in [2.24, 2.45) is 5.73 Å². The van der Waals surface area contributed by atoms with Crippen LogP contribution in [0.2, 0.25) is 5.02 Å². The van der Waals surface area contributed by atoms with E-state index in [1.165, 1.54) is 36.1 Å². The van der Waals surface area contributed by atoms with Gasteiger partial charge in [0.1, 0.15) is 18.4 Å². The third kappa shape index (κ3) is 6.90. The molecule has 3 N–H and O–H groups in total. The zero-order chi connectivity index (χ0) is 28.7. The van der Waals surface area contributed by atoms with E-state index in [-0.39, 0.29) is 17.8 Å². The number of nitrogens with zero attached hydrogens (tertiary/aromatic N) is 2. The Balaban J connectivity index is 1.82. The van der Waals surface area contributed by atoms with Gasteiger partial charge in [0.15, 0.2) is 5.78 Å². The van der Waals surface area contributed by atoms with E-state index < -0.39 is 36.2 Å². The molecule has 0 spiro atoms. The highest BCUT2D eigenvalue weighted by Crippen LogP contribution is 2.33. The van der Waals surface area contributed by atoms with Crippen molar-refractivity contribution in [3.8, 4) is 22.9 Å². The van der Waals surface area contributed by atoms with Crippen molar-refractivity contribution >= 4 is 29.3 Å². The molecule has 0 bridgehead atoms. The number of carbonyl (C=O) groups is 3. The van der Waals surface area contributed by atoms with Crippen molar-refractivity contribution < 1.29 is 29.0 Å². The second kappa shape index (κ2) is 12.9. The summed E-state index contributed by atoms with van der Waals surface area (Å²) in [4.78, 5) is 49.3. The van der Waals surface area contributed by atoms with E-state index in [0.717, 1.165) is 0 Å². The Morgan fingerprint density at radius 2 is 1.82 bits per heavy atom. The van der Waals surface area contributed by atoms with Crippen LogP contribution >= 0.6 is 11.6 Å². The van der Waals surface area contributed by atoms with Crippen LogP contribution in [0.3, 0.4) is 0 Å². The second-order valence-electron chi connectivity index (χ2n) is 8.61. The van der Waals surface area contributed by atoms with Crippen molar-refractivity contribution in [3.05, 3.63) is 86.8 Å². The van der Waals surface area contributed by atoms with Gasteiger partial charge in [0.25, 0.3) is 5.56 Å². The fourth-order valence-electron chi connectivity index (χ4n) is 3.96. The number of ketones is 1. The molecule has 1 heterocycles. The number of aliphatic carboxylic acids is 1. The third-order valence-corrected chi connectivity index (χ3v) is 6.26. The Morgan fingerprint density at radius 1 is 1.13 bits per heavy atom. The number of benzene rings is 2. The number of esters is 1. The summed E-state index contributed by atoms with van der Waals surface area (Å²) >= 11 is 6.12. The summed E-state index contributed by atoms with van der Waals surface area (Å²) in [7, 11) is 1.43. The van der Waals surface area contributed by atoms with E-state index in [1.807, 2.05) is 0 Å². The lowest BCUT2D eigenvalue weighted by Gasteiger charge is -2.20. The van der Waals surface area contributed by atoms with Crippen molar-refractivity contribution in [2.75, 3.05) is 13.7 Å². The second-order valence-corrected chi connectivity index (χ2v) is 9.05. The van der Waals surface area contributed by atoms with Crippen LogP contribution in [0.15, 0.2) is 59.5 Å². The average molecular weight is 552 g/mol. The quantitative estimate of drug-likeness (QED) is 0.340. The van der Waals surface area contributed by atoms with Gasteiger partial charge in [-0.1, -0.05) is 30.7 Å². The summed E-state index contributed by atoms with van der Waals surface area (Å²) in [6.45, 7) is 1.31. The first-order valence-electron chi connectivity index (χ1n) is 11.9. The van der Waals surface area contributed by atoms with Gasteiger partial charge in [-0.3, -0.25) is 14.4 Å². The molecule has 3 rings (SSSR count). The van der Waals surface area contributed by atoms with Crippen molar-refractivity contribution in [1.82, 2.24) is 4.57 Å². The van der Waals surface area contributed by atoms with Gasteiger partial charge in [-0.25, -0.2) is 4.79 Å². The number of methoxy groups -OCH3 is 1. The molecule has 10 nitrogen and oxygen atoms in total. The van der Waals surface area contributed by atoms with Gasteiger partial charge in [-0.15, -0.1) is 0 Å². The fourth-order valence-corrected chi connectivity index (χ4v) is 4.13. The highest BCUT2D eigenvalue weighted by Gasteiger charge is 2.23. The lowest BCUT2D eigenvalue weighted by molar-refractivity contribution is -0.139. The smallest absolute Gasteiger partial charge is 0.338 e. The number of halogens is 1. The predicted molar refractivity (Wildman–Crippen MR) is 143 cm³/mol. The first kappa shape index (κ1) is 29.1. The number of nitrogens with two attached hydrogens (primary N) is 1. The van der Waals surface area contributed by atoms with Gasteiger partial charge in [0.05, 0.1) is 36.5 Å². The highest BCUT2D eigenvalue weighted by atomic mass is 35.5. The number of aromatic nitrogens is 1. The molecule has 1 unspecified atom stereocenters. The molecule has 2 atom stereocenters. The Kier molecular flexibility index (Phi) is 9.60. The Hall–Kier alpha value is -4.46. The molecule has 11 heteroatoms. The average Bonchev–Trinajstić information content (AvgIpc) is 2.92. The summed E-state index contributed by atoms with van der Waals surface area (Å²) in [6.07, 6.45) is 1.77. The number of hydrogen-bond donors (Lipinski definition) is 2. The molecule has 0 aliphatic rings. The fraction of sp³-hybridized carbons (Fsp3) is 0.250. The number of hydrogen-bond acceptors (Lipinski definition) is 8. The molecule has 0 amide bonds. The lowest BCUT2D eigenvalue weighted by atomic mass is 9.98. The molecule has 0 aliphatic heterocycles. The minimum absolute atomic E-state index is 0.0128. The molecule has 0 saturated heterocycles. The van der Waals surface area contributed by atoms with Crippen LogP contribution in [0.25, 0.3) is 11.1 Å². The zero-order valence-corrected chi connectivity index (χ0v) is 22.0. The molecular formula is C28H26ClN3O7. The number of nitriles is 1. The molecular weight excluding hydrogens is 526 g/mol. The number of carboxylic acid groups (broad SMARTS) is 1. The van der Waals surface area contributed by atoms with E-state index in [0.29, 0.717) is 39.4 Å². The van der Waals surface area contributed by atoms with Gasteiger partial charge >= 0.3 is 11.9 Å². The summed E-state index contributed by atoms with van der Waals surface area (Å²) in [5.41, 5.74) is 6.79. The number of Topliss-reactive ketones (excluding diaryl/α,β-unsaturated/α-hetero) is 1. The predicted octanol–water partition coefficient (Wildman–Crippen LogP) is 3.38. The normalized spacial score (nSPS) is 12.2. The molecule has 0 aliphatic carbocycles. The van der Waals surface area contributed by atoms with E-state index >= 15 is 0 Å². The van der Waals surface area contributed by atoms with Crippen LogP contribution in [0.5, 0.6) is 5.75 Å². The molecule has 0 saturated carbocycles. The maximum Gasteiger partial charge on any atom is 0.338 e. The van der Waals surface area contributed by atoms with E-state index in [2.05, 4.69) is 6.07 Å². The maximum atomic E-state index is 13.2. The van der Waals surface area contributed by atoms with Crippen LogP contribution in [0.4, 0.5) is 0 Å². The third-order valence-electron chi connectivity index (χ3n) is 6.03.